The van der Waals surface area contributed by atoms with Crippen molar-refractivity contribution < 1.29 is 53.6 Å². The highest BCUT2D eigenvalue weighted by molar-refractivity contribution is 6.14. The van der Waals surface area contributed by atoms with E-state index in [9.17, 15) is 44.1 Å². The topological polar surface area (TPSA) is 182 Å². The summed E-state index contributed by atoms with van der Waals surface area (Å²) >= 11 is 0. The van der Waals surface area contributed by atoms with Gasteiger partial charge in [-0.25, -0.2) is 14.4 Å². The zero-order valence-corrected chi connectivity index (χ0v) is 17.3. The maximum absolute atomic E-state index is 13.1. The largest absolute Gasteiger partial charge is 0.481 e. The first-order chi connectivity index (χ1) is 14.2. The molecule has 3 N–H and O–H groups in total. The van der Waals surface area contributed by atoms with Crippen LogP contribution in [0.2, 0.25) is 0 Å². The van der Waals surface area contributed by atoms with Crippen molar-refractivity contribution >= 4 is 35.4 Å². The number of ketones is 2. The molecule has 1 aliphatic carbocycles. The summed E-state index contributed by atoms with van der Waals surface area (Å²) in [5, 5.41) is 30.9. The number of carboxylic acid groups (broad SMARTS) is 2. The number of esters is 2. The van der Waals surface area contributed by atoms with Crippen molar-refractivity contribution in [3.05, 3.63) is 24.3 Å². The van der Waals surface area contributed by atoms with Gasteiger partial charge in [0.05, 0.1) is 6.10 Å². The van der Waals surface area contributed by atoms with Crippen LogP contribution in [0.5, 0.6) is 0 Å². The van der Waals surface area contributed by atoms with Crippen LogP contribution in [0.25, 0.3) is 0 Å². The lowest BCUT2D eigenvalue weighted by molar-refractivity contribution is -0.233. The minimum atomic E-state index is -3.54. The number of ether oxygens (including phenoxy) is 2. The highest BCUT2D eigenvalue weighted by Crippen LogP contribution is 2.48. The van der Waals surface area contributed by atoms with Gasteiger partial charge in [-0.2, -0.15) is 0 Å². The third kappa shape index (κ3) is 4.26. The van der Waals surface area contributed by atoms with Crippen LogP contribution in [0.1, 0.15) is 40.0 Å². The Balaban J connectivity index is 4.03. The molecule has 0 aromatic carbocycles. The van der Waals surface area contributed by atoms with Crippen LogP contribution in [-0.2, 0) is 38.2 Å². The number of Topliss-reactive ketones (excluding diaryl/α,β-unsaturated/α-hetero) is 2. The van der Waals surface area contributed by atoms with E-state index in [0.717, 1.165) is 13.8 Å². The van der Waals surface area contributed by atoms with Gasteiger partial charge in [-0.1, -0.05) is 13.2 Å². The number of carbonyl (C=O) groups excluding carboxylic acids is 4. The third-order valence-electron chi connectivity index (χ3n) is 5.08. The van der Waals surface area contributed by atoms with E-state index in [4.69, 9.17) is 9.47 Å². The summed E-state index contributed by atoms with van der Waals surface area (Å²) in [6, 6.07) is 0. The summed E-state index contributed by atoms with van der Waals surface area (Å²) in [5.41, 5.74) is -7.38. The Kier molecular flexibility index (Phi) is 7.63. The van der Waals surface area contributed by atoms with E-state index in [0.29, 0.717) is 0 Å². The fraction of sp³-hybridized carbons (Fsp3) is 0.500. The molecule has 0 bridgehead atoms. The molecule has 1 saturated carbocycles. The SMILES string of the molecule is C=C(C)C(=O)OC(C)C1(C(=O)O)C(O)CC(=O)CCC(=O)C1(OC(=O)C(=C)C)C(=O)O. The lowest BCUT2D eigenvalue weighted by Gasteiger charge is -2.48. The van der Waals surface area contributed by atoms with E-state index < -0.39 is 77.9 Å². The molecule has 0 radical (unpaired) electrons. The van der Waals surface area contributed by atoms with Crippen LogP contribution >= 0.6 is 0 Å². The number of carboxylic acids is 2. The molecule has 0 aromatic heterocycles. The predicted octanol–water partition coefficient (Wildman–Crippen LogP) is 0.191. The summed E-state index contributed by atoms with van der Waals surface area (Å²) in [7, 11) is 0. The molecule has 1 aliphatic rings. The normalized spacial score (nSPS) is 27.3. The maximum Gasteiger partial charge on any atom is 0.357 e. The van der Waals surface area contributed by atoms with Crippen LogP contribution in [0, 0.1) is 5.41 Å². The maximum atomic E-state index is 13.1. The predicted molar refractivity (Wildman–Crippen MR) is 102 cm³/mol. The smallest absolute Gasteiger partial charge is 0.357 e. The van der Waals surface area contributed by atoms with Gasteiger partial charge in [0, 0.05) is 30.4 Å². The van der Waals surface area contributed by atoms with Crippen LogP contribution < -0.4 is 0 Å². The van der Waals surface area contributed by atoms with Crippen LogP contribution in [0.3, 0.4) is 0 Å². The van der Waals surface area contributed by atoms with Crippen molar-refractivity contribution in [2.45, 2.75) is 57.8 Å². The van der Waals surface area contributed by atoms with Gasteiger partial charge in [-0.3, -0.25) is 14.4 Å². The van der Waals surface area contributed by atoms with E-state index in [1.807, 2.05) is 0 Å². The van der Waals surface area contributed by atoms with E-state index in [1.54, 1.807) is 0 Å². The average molecular weight is 440 g/mol. The van der Waals surface area contributed by atoms with Crippen molar-refractivity contribution in [3.63, 3.8) is 0 Å². The molecule has 1 fully saturated rings. The van der Waals surface area contributed by atoms with Gasteiger partial charge >= 0.3 is 23.9 Å². The van der Waals surface area contributed by atoms with E-state index >= 15 is 0 Å². The first-order valence-electron chi connectivity index (χ1n) is 9.11. The van der Waals surface area contributed by atoms with Crippen molar-refractivity contribution in [2.75, 3.05) is 0 Å². The Morgan fingerprint density at radius 3 is 1.94 bits per heavy atom. The number of aliphatic hydroxyl groups excluding tert-OH is 1. The van der Waals surface area contributed by atoms with Crippen molar-refractivity contribution in [2.24, 2.45) is 5.41 Å². The Bertz CT molecular complexity index is 870. The average Bonchev–Trinajstić information content (AvgIpc) is 2.63. The molecule has 4 atom stereocenters. The van der Waals surface area contributed by atoms with Gasteiger partial charge in [-0.05, 0) is 20.8 Å². The molecule has 0 amide bonds. The molecule has 4 unspecified atom stereocenters. The van der Waals surface area contributed by atoms with Crippen LogP contribution in [0.15, 0.2) is 24.3 Å². The van der Waals surface area contributed by atoms with Crippen molar-refractivity contribution in [3.8, 4) is 0 Å². The molecule has 0 spiro atoms. The molecule has 1 rings (SSSR count). The van der Waals surface area contributed by atoms with Gasteiger partial charge in [-0.15, -0.1) is 0 Å². The van der Waals surface area contributed by atoms with Crippen molar-refractivity contribution in [1.29, 1.82) is 0 Å². The summed E-state index contributed by atoms with van der Waals surface area (Å²) in [4.78, 5) is 74.5. The number of carbonyl (C=O) groups is 6. The lowest BCUT2D eigenvalue weighted by Crippen LogP contribution is -2.74. The van der Waals surface area contributed by atoms with E-state index in [1.165, 1.54) is 6.92 Å². The molecule has 0 aromatic rings. The second kappa shape index (κ2) is 9.21. The first kappa shape index (κ1) is 25.7. The van der Waals surface area contributed by atoms with Crippen molar-refractivity contribution in [1.82, 2.24) is 0 Å². The summed E-state index contributed by atoms with van der Waals surface area (Å²) in [5.74, 6) is -9.16. The summed E-state index contributed by atoms with van der Waals surface area (Å²) < 4.78 is 9.94. The zero-order valence-electron chi connectivity index (χ0n) is 17.3. The number of hydrogen-bond acceptors (Lipinski definition) is 9. The van der Waals surface area contributed by atoms with Gasteiger partial charge in [0.1, 0.15) is 11.9 Å². The fourth-order valence-corrected chi connectivity index (χ4v) is 3.46. The molecule has 0 heterocycles. The first-order valence-corrected chi connectivity index (χ1v) is 9.11. The number of rotatable bonds is 7. The molecule has 11 heteroatoms. The van der Waals surface area contributed by atoms with Gasteiger partial charge < -0.3 is 24.8 Å². The van der Waals surface area contributed by atoms with Gasteiger partial charge in [0.25, 0.3) is 5.60 Å². The molecular weight excluding hydrogens is 416 g/mol. The minimum Gasteiger partial charge on any atom is -0.481 e. The second-order valence-electron chi connectivity index (χ2n) is 7.34. The third-order valence-corrected chi connectivity index (χ3v) is 5.08. The number of aliphatic hydroxyl groups is 1. The van der Waals surface area contributed by atoms with Crippen LogP contribution in [-0.4, -0.2) is 68.6 Å². The van der Waals surface area contributed by atoms with E-state index in [2.05, 4.69) is 13.2 Å². The summed E-state index contributed by atoms with van der Waals surface area (Å²) in [6.45, 7) is 9.85. The van der Waals surface area contributed by atoms with Gasteiger partial charge in [0.15, 0.2) is 11.2 Å². The molecule has 11 nitrogen and oxygen atoms in total. The second-order valence-corrected chi connectivity index (χ2v) is 7.34. The lowest BCUT2D eigenvalue weighted by atomic mass is 9.59. The standard InChI is InChI=1S/C20H24O11/c1-9(2)15(24)30-11(5)19(17(26)27)14(23)8-12(21)6-7-13(22)20(19,18(28)29)31-16(25)10(3)4/h11,14,23H,1,3,6-8H2,2,4-5H3,(H,26,27)(H,28,29). The summed E-state index contributed by atoms with van der Waals surface area (Å²) in [6.07, 6.45) is -6.66. The van der Waals surface area contributed by atoms with E-state index in [-0.39, 0.29) is 11.1 Å². The molecule has 0 aliphatic heterocycles. The Morgan fingerprint density at radius 2 is 1.52 bits per heavy atom. The molecule has 170 valence electrons. The molecule has 31 heavy (non-hydrogen) atoms. The van der Waals surface area contributed by atoms with Crippen LogP contribution in [0.4, 0.5) is 0 Å². The minimum absolute atomic E-state index is 0.199. The zero-order chi connectivity index (χ0) is 24.3. The number of aliphatic carboxylic acids is 2. The number of hydrogen-bond donors (Lipinski definition) is 3. The Hall–Kier alpha value is -3.34. The van der Waals surface area contributed by atoms with Gasteiger partial charge in [0.2, 0.25) is 0 Å². The highest BCUT2D eigenvalue weighted by atomic mass is 16.6. The monoisotopic (exact) mass is 440 g/mol. The quantitative estimate of drug-likeness (QED) is 0.279. The Morgan fingerprint density at radius 1 is 1.00 bits per heavy atom. The molecule has 0 saturated heterocycles. The Labute approximate surface area is 177 Å². The highest BCUT2D eigenvalue weighted by Gasteiger charge is 2.76. The molecular formula is C20H24O11. The fourth-order valence-electron chi connectivity index (χ4n) is 3.46.